The average Bonchev–Trinajstić information content (AvgIpc) is 2.87. The molecule has 0 bridgehead atoms. The zero-order chi connectivity index (χ0) is 12.4. The number of carbonyl (C=O) groups excluding carboxylic acids is 1. The lowest BCUT2D eigenvalue weighted by molar-refractivity contribution is 0.102. The maximum atomic E-state index is 11.9. The van der Waals surface area contributed by atoms with Gasteiger partial charge in [0.1, 0.15) is 0 Å². The van der Waals surface area contributed by atoms with E-state index >= 15 is 0 Å². The van der Waals surface area contributed by atoms with Gasteiger partial charge in [0.2, 0.25) is 6.79 Å². The van der Waals surface area contributed by atoms with Crippen molar-refractivity contribution >= 4 is 11.7 Å². The molecule has 0 spiro atoms. The molecule has 0 atom stereocenters. The Morgan fingerprint density at radius 1 is 1.22 bits per heavy atom. The van der Waals surface area contributed by atoms with Crippen LogP contribution in [0.15, 0.2) is 36.8 Å². The first-order chi connectivity index (χ1) is 8.83. The number of hydrogen-bond donors (Lipinski definition) is 1. The number of nitrogens with one attached hydrogen (secondary N) is 1. The molecule has 3 rings (SSSR count). The third-order valence-electron chi connectivity index (χ3n) is 2.44. The topological polar surface area (TPSA) is 73.3 Å². The van der Waals surface area contributed by atoms with Gasteiger partial charge in [0, 0.05) is 18.0 Å². The van der Waals surface area contributed by atoms with Crippen LogP contribution >= 0.6 is 0 Å². The highest BCUT2D eigenvalue weighted by atomic mass is 16.7. The van der Waals surface area contributed by atoms with Crippen LogP contribution in [0.1, 0.15) is 10.4 Å². The lowest BCUT2D eigenvalue weighted by Crippen LogP contribution is -2.12. The molecule has 0 radical (unpaired) electrons. The molecule has 90 valence electrons. The van der Waals surface area contributed by atoms with Gasteiger partial charge >= 0.3 is 0 Å². The predicted molar refractivity (Wildman–Crippen MR) is 62.6 cm³/mol. The molecule has 1 N–H and O–H groups in total. The standard InChI is InChI=1S/C12H9N3O3/c16-12(15-11-6-13-3-4-14-11)8-1-2-9-10(5-8)18-7-17-9/h1-6H,7H2,(H,14,15,16). The molecule has 0 saturated carbocycles. The summed E-state index contributed by atoms with van der Waals surface area (Å²) in [6.45, 7) is 0.185. The Morgan fingerprint density at radius 3 is 2.94 bits per heavy atom. The molecule has 2 heterocycles. The zero-order valence-electron chi connectivity index (χ0n) is 9.29. The van der Waals surface area contributed by atoms with Crippen LogP contribution in [0, 0.1) is 0 Å². The summed E-state index contributed by atoms with van der Waals surface area (Å²) in [5, 5.41) is 2.64. The Kier molecular flexibility index (Phi) is 2.53. The minimum absolute atomic E-state index is 0.185. The average molecular weight is 243 g/mol. The molecule has 1 amide bonds. The van der Waals surface area contributed by atoms with E-state index in [0.717, 1.165) is 0 Å². The number of anilines is 1. The first kappa shape index (κ1) is 10.5. The smallest absolute Gasteiger partial charge is 0.256 e. The van der Waals surface area contributed by atoms with Crippen LogP contribution in [-0.4, -0.2) is 22.7 Å². The van der Waals surface area contributed by atoms with Crippen LogP contribution in [-0.2, 0) is 0 Å². The van der Waals surface area contributed by atoms with Gasteiger partial charge in [-0.1, -0.05) is 0 Å². The van der Waals surface area contributed by atoms with E-state index in [-0.39, 0.29) is 12.7 Å². The Hall–Kier alpha value is -2.63. The van der Waals surface area contributed by atoms with Gasteiger partial charge in [-0.2, -0.15) is 0 Å². The summed E-state index contributed by atoms with van der Waals surface area (Å²) in [6.07, 6.45) is 4.52. The summed E-state index contributed by atoms with van der Waals surface area (Å²) in [5.41, 5.74) is 0.477. The molecule has 0 saturated heterocycles. The second kappa shape index (κ2) is 4.33. The zero-order valence-corrected chi connectivity index (χ0v) is 9.29. The van der Waals surface area contributed by atoms with Crippen LogP contribution in [0.5, 0.6) is 11.5 Å². The van der Waals surface area contributed by atoms with Crippen molar-refractivity contribution in [3.8, 4) is 11.5 Å². The van der Waals surface area contributed by atoms with Crippen molar-refractivity contribution < 1.29 is 14.3 Å². The summed E-state index contributed by atoms with van der Waals surface area (Å²) in [4.78, 5) is 19.8. The minimum atomic E-state index is -0.270. The fraction of sp³-hybridized carbons (Fsp3) is 0.0833. The number of aromatic nitrogens is 2. The Balaban J connectivity index is 1.81. The van der Waals surface area contributed by atoms with E-state index in [2.05, 4.69) is 15.3 Å². The number of carbonyl (C=O) groups is 1. The first-order valence-electron chi connectivity index (χ1n) is 5.30. The number of rotatable bonds is 2. The van der Waals surface area contributed by atoms with Crippen LogP contribution in [0.3, 0.4) is 0 Å². The van der Waals surface area contributed by atoms with Crippen molar-refractivity contribution in [1.82, 2.24) is 9.97 Å². The highest BCUT2D eigenvalue weighted by Crippen LogP contribution is 2.32. The number of hydrogen-bond acceptors (Lipinski definition) is 5. The molecule has 6 nitrogen and oxygen atoms in total. The summed E-state index contributed by atoms with van der Waals surface area (Å²) >= 11 is 0. The summed E-state index contributed by atoms with van der Waals surface area (Å²) in [5.74, 6) is 1.35. The third kappa shape index (κ3) is 1.95. The molecule has 0 aliphatic carbocycles. The Labute approximate surface area is 103 Å². The molecule has 1 aliphatic heterocycles. The van der Waals surface area contributed by atoms with Crippen LogP contribution in [0.25, 0.3) is 0 Å². The number of amides is 1. The van der Waals surface area contributed by atoms with E-state index < -0.39 is 0 Å². The molecule has 0 unspecified atom stereocenters. The largest absolute Gasteiger partial charge is 0.454 e. The van der Waals surface area contributed by atoms with E-state index in [9.17, 15) is 4.79 Å². The van der Waals surface area contributed by atoms with Crippen LogP contribution < -0.4 is 14.8 Å². The minimum Gasteiger partial charge on any atom is -0.454 e. The van der Waals surface area contributed by atoms with Crippen molar-refractivity contribution in [2.45, 2.75) is 0 Å². The van der Waals surface area contributed by atoms with Gasteiger partial charge in [-0.3, -0.25) is 9.78 Å². The molecule has 2 aromatic rings. The number of fused-ring (bicyclic) bond motifs is 1. The van der Waals surface area contributed by atoms with Crippen molar-refractivity contribution in [3.63, 3.8) is 0 Å². The molecule has 1 aromatic heterocycles. The molecule has 18 heavy (non-hydrogen) atoms. The lowest BCUT2D eigenvalue weighted by Gasteiger charge is -2.04. The van der Waals surface area contributed by atoms with E-state index in [1.54, 1.807) is 18.2 Å². The van der Waals surface area contributed by atoms with Crippen LogP contribution in [0.4, 0.5) is 5.82 Å². The van der Waals surface area contributed by atoms with Gasteiger partial charge < -0.3 is 14.8 Å². The number of benzene rings is 1. The molecule has 1 aromatic carbocycles. The van der Waals surface area contributed by atoms with Gasteiger partial charge in [-0.05, 0) is 18.2 Å². The second-order valence-electron chi connectivity index (χ2n) is 3.61. The van der Waals surface area contributed by atoms with Crippen molar-refractivity contribution in [2.75, 3.05) is 12.1 Å². The van der Waals surface area contributed by atoms with E-state index in [1.807, 2.05) is 0 Å². The van der Waals surface area contributed by atoms with Crippen molar-refractivity contribution in [3.05, 3.63) is 42.4 Å². The quantitative estimate of drug-likeness (QED) is 0.864. The number of ether oxygens (including phenoxy) is 2. The molecule has 1 aliphatic rings. The molecular weight excluding hydrogens is 234 g/mol. The van der Waals surface area contributed by atoms with E-state index in [0.29, 0.717) is 22.9 Å². The van der Waals surface area contributed by atoms with Gasteiger partial charge in [0.25, 0.3) is 5.91 Å². The number of nitrogens with zero attached hydrogens (tertiary/aromatic N) is 2. The fourth-order valence-electron chi connectivity index (χ4n) is 1.59. The Bertz CT molecular complexity index is 586. The van der Waals surface area contributed by atoms with E-state index in [1.165, 1.54) is 18.6 Å². The Morgan fingerprint density at radius 2 is 2.11 bits per heavy atom. The summed E-state index contributed by atoms with van der Waals surface area (Å²) in [7, 11) is 0. The normalized spacial score (nSPS) is 12.2. The highest BCUT2D eigenvalue weighted by Gasteiger charge is 2.16. The maximum Gasteiger partial charge on any atom is 0.256 e. The highest BCUT2D eigenvalue weighted by molar-refractivity contribution is 6.04. The maximum absolute atomic E-state index is 11.9. The first-order valence-corrected chi connectivity index (χ1v) is 5.30. The van der Waals surface area contributed by atoms with Gasteiger partial charge in [0.15, 0.2) is 17.3 Å². The van der Waals surface area contributed by atoms with Gasteiger partial charge in [0.05, 0.1) is 6.20 Å². The van der Waals surface area contributed by atoms with E-state index in [4.69, 9.17) is 9.47 Å². The van der Waals surface area contributed by atoms with Gasteiger partial charge in [-0.25, -0.2) is 4.98 Å². The molecule has 0 fully saturated rings. The summed E-state index contributed by atoms with van der Waals surface area (Å²) in [6, 6.07) is 5.00. The van der Waals surface area contributed by atoms with Crippen LogP contribution in [0.2, 0.25) is 0 Å². The third-order valence-corrected chi connectivity index (χ3v) is 2.44. The molecular formula is C12H9N3O3. The fourth-order valence-corrected chi connectivity index (χ4v) is 1.59. The van der Waals surface area contributed by atoms with Crippen molar-refractivity contribution in [2.24, 2.45) is 0 Å². The lowest BCUT2D eigenvalue weighted by atomic mass is 10.2. The molecule has 6 heteroatoms. The van der Waals surface area contributed by atoms with Crippen molar-refractivity contribution in [1.29, 1.82) is 0 Å². The predicted octanol–water partition coefficient (Wildman–Crippen LogP) is 1.46. The second-order valence-corrected chi connectivity index (χ2v) is 3.61. The SMILES string of the molecule is O=C(Nc1cnccn1)c1ccc2c(c1)OCO2. The summed E-state index contributed by atoms with van der Waals surface area (Å²) < 4.78 is 10.4. The van der Waals surface area contributed by atoms with Gasteiger partial charge in [-0.15, -0.1) is 0 Å². The monoisotopic (exact) mass is 243 g/mol.